The number of methoxy groups -OCH3 is 1. The molecule has 0 aliphatic carbocycles. The summed E-state index contributed by atoms with van der Waals surface area (Å²) in [6.45, 7) is 1.96. The second-order valence-electron chi connectivity index (χ2n) is 3.20. The molecule has 0 aromatic heterocycles. The maximum Gasteiger partial charge on any atom is 0.121 e. The number of ether oxygens (including phenoxy) is 1. The molecule has 0 radical (unpaired) electrons. The molecule has 2 N–H and O–H groups in total. The van der Waals surface area contributed by atoms with Gasteiger partial charge >= 0.3 is 0 Å². The van der Waals surface area contributed by atoms with Crippen molar-refractivity contribution in [2.45, 2.75) is 19.4 Å². The highest BCUT2D eigenvalue weighted by Crippen LogP contribution is 2.22. The minimum atomic E-state index is -0.204. The predicted molar refractivity (Wildman–Crippen MR) is 54.9 cm³/mol. The maximum atomic E-state index is 8.51. The quantitative estimate of drug-likeness (QED) is 0.792. The Hall–Kier alpha value is -1.53. The van der Waals surface area contributed by atoms with E-state index in [1.165, 1.54) is 0 Å². The summed E-state index contributed by atoms with van der Waals surface area (Å²) in [5.74, 6) is 0.845. The molecule has 0 unspecified atom stereocenters. The highest BCUT2D eigenvalue weighted by atomic mass is 16.5. The topological polar surface area (TPSA) is 59.0 Å². The Morgan fingerprint density at radius 3 is 2.79 bits per heavy atom. The number of nitrogens with two attached hydrogens (primary N) is 1. The highest BCUT2D eigenvalue weighted by molar-refractivity contribution is 5.37. The Morgan fingerprint density at radius 1 is 1.57 bits per heavy atom. The van der Waals surface area contributed by atoms with Gasteiger partial charge in [0.05, 0.1) is 19.6 Å². The molecule has 1 atom stereocenters. The van der Waals surface area contributed by atoms with Crippen LogP contribution in [0.3, 0.4) is 0 Å². The molecule has 0 fully saturated rings. The van der Waals surface area contributed by atoms with Gasteiger partial charge < -0.3 is 10.5 Å². The fraction of sp³-hybridized carbons (Fsp3) is 0.364. The van der Waals surface area contributed by atoms with E-state index in [2.05, 4.69) is 6.07 Å². The Bertz CT molecular complexity index is 355. The summed E-state index contributed by atoms with van der Waals surface area (Å²) in [6, 6.07) is 7.59. The Morgan fingerprint density at radius 2 is 2.29 bits per heavy atom. The van der Waals surface area contributed by atoms with Crippen molar-refractivity contribution < 1.29 is 4.74 Å². The summed E-state index contributed by atoms with van der Waals surface area (Å²) in [7, 11) is 1.64. The van der Waals surface area contributed by atoms with Gasteiger partial charge in [0.25, 0.3) is 0 Å². The molecule has 1 rings (SSSR count). The molecule has 14 heavy (non-hydrogen) atoms. The molecule has 1 aromatic rings. The molecule has 0 heterocycles. The first-order chi connectivity index (χ1) is 6.69. The van der Waals surface area contributed by atoms with Crippen LogP contribution >= 0.6 is 0 Å². The largest absolute Gasteiger partial charge is 0.496 e. The zero-order chi connectivity index (χ0) is 10.6. The second-order valence-corrected chi connectivity index (χ2v) is 3.20. The lowest BCUT2D eigenvalue weighted by Crippen LogP contribution is -2.09. The van der Waals surface area contributed by atoms with Gasteiger partial charge in [0, 0.05) is 6.04 Å². The Kier molecular flexibility index (Phi) is 3.49. The normalized spacial score (nSPS) is 11.9. The second kappa shape index (κ2) is 4.64. The molecular weight excluding hydrogens is 176 g/mol. The first kappa shape index (κ1) is 10.6. The van der Waals surface area contributed by atoms with Crippen molar-refractivity contribution in [3.63, 3.8) is 0 Å². The summed E-state index contributed by atoms with van der Waals surface area (Å²) in [6.07, 6.45) is 0.339. The molecule has 74 valence electrons. The molecule has 3 heteroatoms. The zero-order valence-corrected chi connectivity index (χ0v) is 8.45. The van der Waals surface area contributed by atoms with E-state index in [0.717, 1.165) is 16.9 Å². The van der Waals surface area contributed by atoms with Gasteiger partial charge in [-0.05, 0) is 24.1 Å². The van der Waals surface area contributed by atoms with Crippen molar-refractivity contribution >= 4 is 0 Å². The van der Waals surface area contributed by atoms with E-state index in [0.29, 0.717) is 6.42 Å². The SMILES string of the molecule is COc1ccc([C@H](N)CC#N)cc1C. The van der Waals surface area contributed by atoms with Crippen molar-refractivity contribution in [1.29, 1.82) is 5.26 Å². The van der Waals surface area contributed by atoms with Crippen molar-refractivity contribution in [1.82, 2.24) is 0 Å². The van der Waals surface area contributed by atoms with Crippen LogP contribution < -0.4 is 10.5 Å². The van der Waals surface area contributed by atoms with E-state index in [9.17, 15) is 0 Å². The third kappa shape index (κ3) is 2.24. The van der Waals surface area contributed by atoms with Crippen LogP contribution in [0, 0.1) is 18.3 Å². The molecule has 0 aliphatic heterocycles. The first-order valence-corrected chi connectivity index (χ1v) is 4.46. The van der Waals surface area contributed by atoms with Crippen LogP contribution in [0.15, 0.2) is 18.2 Å². The van der Waals surface area contributed by atoms with Gasteiger partial charge in [0.15, 0.2) is 0 Å². The van der Waals surface area contributed by atoms with Gasteiger partial charge in [0.1, 0.15) is 5.75 Å². The summed E-state index contributed by atoms with van der Waals surface area (Å²) in [5.41, 5.74) is 7.82. The minimum Gasteiger partial charge on any atom is -0.496 e. The lowest BCUT2D eigenvalue weighted by atomic mass is 10.0. The number of hydrogen-bond donors (Lipinski definition) is 1. The summed E-state index contributed by atoms with van der Waals surface area (Å²) in [4.78, 5) is 0. The van der Waals surface area contributed by atoms with Crippen LogP contribution in [0.25, 0.3) is 0 Å². The highest BCUT2D eigenvalue weighted by Gasteiger charge is 2.07. The third-order valence-electron chi connectivity index (χ3n) is 2.16. The molecule has 1 aromatic carbocycles. The Balaban J connectivity index is 2.92. The number of benzene rings is 1. The molecule has 0 saturated heterocycles. The number of nitriles is 1. The van der Waals surface area contributed by atoms with Gasteiger partial charge in [-0.2, -0.15) is 5.26 Å². The summed E-state index contributed by atoms with van der Waals surface area (Å²) < 4.78 is 5.13. The number of aryl methyl sites for hydroxylation is 1. The van der Waals surface area contributed by atoms with Crippen LogP contribution in [0.4, 0.5) is 0 Å². The predicted octanol–water partition coefficient (Wildman–Crippen LogP) is 1.92. The average Bonchev–Trinajstić information content (AvgIpc) is 2.18. The lowest BCUT2D eigenvalue weighted by molar-refractivity contribution is 0.411. The number of rotatable bonds is 3. The van der Waals surface area contributed by atoms with Gasteiger partial charge in [-0.3, -0.25) is 0 Å². The lowest BCUT2D eigenvalue weighted by Gasteiger charge is -2.11. The van der Waals surface area contributed by atoms with E-state index in [-0.39, 0.29) is 6.04 Å². The molecular formula is C11H14N2O. The van der Waals surface area contributed by atoms with Gasteiger partial charge in [-0.1, -0.05) is 12.1 Å². The van der Waals surface area contributed by atoms with Gasteiger partial charge in [-0.15, -0.1) is 0 Å². The zero-order valence-electron chi connectivity index (χ0n) is 8.45. The van der Waals surface area contributed by atoms with E-state index >= 15 is 0 Å². The molecule has 0 bridgehead atoms. The van der Waals surface area contributed by atoms with Crippen LogP contribution in [0.1, 0.15) is 23.6 Å². The van der Waals surface area contributed by atoms with E-state index in [1.54, 1.807) is 7.11 Å². The maximum absolute atomic E-state index is 8.51. The third-order valence-corrected chi connectivity index (χ3v) is 2.16. The van der Waals surface area contributed by atoms with E-state index < -0.39 is 0 Å². The van der Waals surface area contributed by atoms with E-state index in [4.69, 9.17) is 15.7 Å². The number of nitrogens with zero attached hydrogens (tertiary/aromatic N) is 1. The molecule has 0 aliphatic rings. The van der Waals surface area contributed by atoms with Crippen molar-refractivity contribution in [3.8, 4) is 11.8 Å². The van der Waals surface area contributed by atoms with Crippen LogP contribution in [-0.4, -0.2) is 7.11 Å². The average molecular weight is 190 g/mol. The van der Waals surface area contributed by atoms with Crippen LogP contribution in [0.5, 0.6) is 5.75 Å². The summed E-state index contributed by atoms with van der Waals surface area (Å²) >= 11 is 0. The monoisotopic (exact) mass is 190 g/mol. The fourth-order valence-electron chi connectivity index (χ4n) is 1.35. The standard InChI is InChI=1S/C11H14N2O/c1-8-7-9(10(13)5-6-12)3-4-11(8)14-2/h3-4,7,10H,5,13H2,1-2H3/t10-/m1/s1. The Labute approximate surface area is 84.1 Å². The first-order valence-electron chi connectivity index (χ1n) is 4.46. The van der Waals surface area contributed by atoms with Crippen molar-refractivity contribution in [2.24, 2.45) is 5.73 Å². The van der Waals surface area contributed by atoms with E-state index in [1.807, 2.05) is 25.1 Å². The fourth-order valence-corrected chi connectivity index (χ4v) is 1.35. The number of hydrogen-bond acceptors (Lipinski definition) is 3. The smallest absolute Gasteiger partial charge is 0.121 e. The van der Waals surface area contributed by atoms with Crippen LogP contribution in [0.2, 0.25) is 0 Å². The van der Waals surface area contributed by atoms with Crippen molar-refractivity contribution in [3.05, 3.63) is 29.3 Å². The molecule has 0 spiro atoms. The minimum absolute atomic E-state index is 0.204. The molecule has 0 saturated carbocycles. The summed E-state index contributed by atoms with van der Waals surface area (Å²) in [5, 5.41) is 8.51. The van der Waals surface area contributed by atoms with Gasteiger partial charge in [0.2, 0.25) is 0 Å². The van der Waals surface area contributed by atoms with Crippen LogP contribution in [-0.2, 0) is 0 Å². The van der Waals surface area contributed by atoms with Gasteiger partial charge in [-0.25, -0.2) is 0 Å². The molecule has 0 amide bonds. The van der Waals surface area contributed by atoms with Crippen molar-refractivity contribution in [2.75, 3.05) is 7.11 Å². The molecule has 3 nitrogen and oxygen atoms in total.